The number of hydrogen-bond donors (Lipinski definition) is 1. The zero-order chi connectivity index (χ0) is 16.7. The first-order valence-electron chi connectivity index (χ1n) is 7.70. The molecule has 3 aromatic rings. The van der Waals surface area contributed by atoms with Crippen LogP contribution in [0.4, 0.5) is 0 Å². The third kappa shape index (κ3) is 2.28. The molecule has 4 rings (SSSR count). The lowest BCUT2D eigenvalue weighted by Gasteiger charge is -2.31. The summed E-state index contributed by atoms with van der Waals surface area (Å²) in [5.74, 6) is 0.542. The second kappa shape index (κ2) is 5.61. The molecule has 24 heavy (non-hydrogen) atoms. The highest BCUT2D eigenvalue weighted by atomic mass is 32.2. The van der Waals surface area contributed by atoms with Gasteiger partial charge < -0.3 is 9.84 Å². The van der Waals surface area contributed by atoms with E-state index in [0.717, 1.165) is 10.8 Å². The van der Waals surface area contributed by atoms with Gasteiger partial charge in [0.2, 0.25) is 0 Å². The van der Waals surface area contributed by atoms with Gasteiger partial charge in [-0.25, -0.2) is 8.42 Å². The Labute approximate surface area is 140 Å². The van der Waals surface area contributed by atoms with E-state index in [2.05, 4.69) is 0 Å². The van der Waals surface area contributed by atoms with E-state index in [1.165, 1.54) is 0 Å². The van der Waals surface area contributed by atoms with E-state index in [1.807, 2.05) is 30.3 Å². The molecular weight excluding hydrogens is 324 g/mol. The minimum absolute atomic E-state index is 0.0657. The van der Waals surface area contributed by atoms with Gasteiger partial charge in [-0.1, -0.05) is 48.5 Å². The fraction of sp³-hybridized carbons (Fsp3) is 0.158. The molecule has 1 aliphatic rings. The van der Waals surface area contributed by atoms with Crippen molar-refractivity contribution in [3.8, 4) is 5.75 Å². The number of rotatable bonds is 2. The molecule has 0 amide bonds. The summed E-state index contributed by atoms with van der Waals surface area (Å²) < 4.78 is 31.5. The van der Waals surface area contributed by atoms with Crippen LogP contribution in [-0.2, 0) is 9.84 Å². The van der Waals surface area contributed by atoms with E-state index in [9.17, 15) is 13.5 Å². The Morgan fingerprint density at radius 2 is 1.62 bits per heavy atom. The van der Waals surface area contributed by atoms with Crippen LogP contribution in [0.1, 0.15) is 11.7 Å². The predicted octanol–water partition coefficient (Wildman–Crippen LogP) is 3.11. The quantitative estimate of drug-likeness (QED) is 0.778. The molecule has 0 saturated heterocycles. The summed E-state index contributed by atoms with van der Waals surface area (Å²) in [7, 11) is -3.70. The summed E-state index contributed by atoms with van der Waals surface area (Å²) in [6, 6.07) is 19.5. The van der Waals surface area contributed by atoms with E-state index >= 15 is 0 Å². The van der Waals surface area contributed by atoms with Crippen LogP contribution in [0.3, 0.4) is 0 Å². The lowest BCUT2D eigenvalue weighted by atomic mass is 9.96. The highest BCUT2D eigenvalue weighted by molar-refractivity contribution is 7.92. The highest BCUT2D eigenvalue weighted by Crippen LogP contribution is 2.41. The molecule has 1 N–H and O–H groups in total. The molecule has 2 atom stereocenters. The van der Waals surface area contributed by atoms with Crippen molar-refractivity contribution in [2.45, 2.75) is 16.2 Å². The highest BCUT2D eigenvalue weighted by Gasteiger charge is 2.40. The number of aliphatic hydroxyl groups is 1. The van der Waals surface area contributed by atoms with Crippen molar-refractivity contribution in [2.24, 2.45) is 0 Å². The predicted molar refractivity (Wildman–Crippen MR) is 91.8 cm³/mol. The van der Waals surface area contributed by atoms with Crippen LogP contribution in [0, 0.1) is 0 Å². The average Bonchev–Trinajstić information content (AvgIpc) is 2.62. The first-order chi connectivity index (χ1) is 11.6. The molecule has 1 heterocycles. The average molecular weight is 340 g/mol. The normalized spacial score (nSPS) is 20.4. The van der Waals surface area contributed by atoms with Crippen molar-refractivity contribution in [3.05, 3.63) is 72.3 Å². The number of hydrogen-bond acceptors (Lipinski definition) is 4. The summed E-state index contributed by atoms with van der Waals surface area (Å²) in [4.78, 5) is 0.196. The molecule has 122 valence electrons. The van der Waals surface area contributed by atoms with Crippen LogP contribution in [0.2, 0.25) is 0 Å². The van der Waals surface area contributed by atoms with E-state index in [1.54, 1.807) is 36.4 Å². The van der Waals surface area contributed by atoms with Crippen LogP contribution in [0.5, 0.6) is 5.75 Å². The lowest BCUT2D eigenvalue weighted by Crippen LogP contribution is -2.37. The first-order valence-corrected chi connectivity index (χ1v) is 9.25. The summed E-state index contributed by atoms with van der Waals surface area (Å²) in [6.45, 7) is -0.0657. The molecule has 1 aliphatic heterocycles. The molecule has 0 spiro atoms. The second-order valence-corrected chi connectivity index (χ2v) is 8.02. The number of fused-ring (bicyclic) bond motifs is 3. The smallest absolute Gasteiger partial charge is 0.187 e. The topological polar surface area (TPSA) is 63.6 Å². The molecule has 5 heteroatoms. The zero-order valence-electron chi connectivity index (χ0n) is 12.8. The minimum Gasteiger partial charge on any atom is -0.492 e. The van der Waals surface area contributed by atoms with Gasteiger partial charge in [0.1, 0.15) is 23.7 Å². The van der Waals surface area contributed by atoms with Crippen molar-refractivity contribution in [1.29, 1.82) is 0 Å². The van der Waals surface area contributed by atoms with Crippen molar-refractivity contribution in [2.75, 3.05) is 6.61 Å². The van der Waals surface area contributed by atoms with Gasteiger partial charge in [0.25, 0.3) is 0 Å². The van der Waals surface area contributed by atoms with Crippen molar-refractivity contribution < 1.29 is 18.3 Å². The number of ether oxygens (including phenoxy) is 1. The largest absolute Gasteiger partial charge is 0.492 e. The molecule has 0 bridgehead atoms. The first kappa shape index (κ1) is 15.2. The summed E-state index contributed by atoms with van der Waals surface area (Å²) in [6.07, 6.45) is -1.13. The van der Waals surface area contributed by atoms with Crippen LogP contribution in [-0.4, -0.2) is 25.4 Å². The standard InChI is InChI=1S/C19H16O4S/c20-19-17(24(21,22)14-7-2-1-3-8-14)12-23-16-11-10-13-6-4-5-9-15(13)18(16)19/h1-11,17,19-20H,12H2. The van der Waals surface area contributed by atoms with E-state index in [4.69, 9.17) is 4.74 Å². The van der Waals surface area contributed by atoms with Crippen LogP contribution >= 0.6 is 0 Å². The molecule has 0 fully saturated rings. The third-order valence-corrected chi connectivity index (χ3v) is 6.57. The summed E-state index contributed by atoms with van der Waals surface area (Å²) >= 11 is 0. The second-order valence-electron chi connectivity index (χ2n) is 5.85. The number of aliphatic hydroxyl groups excluding tert-OH is 1. The molecule has 2 unspecified atom stereocenters. The molecule has 0 aliphatic carbocycles. The Kier molecular flexibility index (Phi) is 3.55. The van der Waals surface area contributed by atoms with E-state index < -0.39 is 21.2 Å². The summed E-state index contributed by atoms with van der Waals surface area (Å²) in [5.41, 5.74) is 0.545. The maximum absolute atomic E-state index is 12.9. The van der Waals surface area contributed by atoms with Gasteiger partial charge >= 0.3 is 0 Å². The maximum atomic E-state index is 12.9. The monoisotopic (exact) mass is 340 g/mol. The Bertz CT molecular complexity index is 996. The third-order valence-electron chi connectivity index (χ3n) is 4.45. The zero-order valence-corrected chi connectivity index (χ0v) is 13.6. The minimum atomic E-state index is -3.70. The lowest BCUT2D eigenvalue weighted by molar-refractivity contribution is 0.120. The van der Waals surface area contributed by atoms with Crippen LogP contribution in [0.25, 0.3) is 10.8 Å². The molecule has 0 saturated carbocycles. The number of sulfone groups is 1. The Morgan fingerprint density at radius 3 is 2.42 bits per heavy atom. The van der Waals surface area contributed by atoms with Crippen molar-refractivity contribution in [1.82, 2.24) is 0 Å². The SMILES string of the molecule is O=S(=O)(c1ccccc1)C1COc2ccc3ccccc3c2C1O. The maximum Gasteiger partial charge on any atom is 0.187 e. The van der Waals surface area contributed by atoms with Crippen LogP contribution < -0.4 is 4.74 Å². The van der Waals surface area contributed by atoms with Gasteiger partial charge in [-0.15, -0.1) is 0 Å². The van der Waals surface area contributed by atoms with Gasteiger partial charge in [-0.3, -0.25) is 0 Å². The van der Waals surface area contributed by atoms with Gasteiger partial charge in [0.05, 0.1) is 4.90 Å². The van der Waals surface area contributed by atoms with Crippen molar-refractivity contribution >= 4 is 20.6 Å². The molecule has 3 aromatic carbocycles. The summed E-state index contributed by atoms with van der Waals surface area (Å²) in [5, 5.41) is 11.6. The van der Waals surface area contributed by atoms with E-state index in [0.29, 0.717) is 11.3 Å². The fourth-order valence-electron chi connectivity index (χ4n) is 3.20. The molecular formula is C19H16O4S. The Morgan fingerprint density at radius 1 is 0.917 bits per heavy atom. The van der Waals surface area contributed by atoms with Crippen molar-refractivity contribution in [3.63, 3.8) is 0 Å². The molecule has 4 nitrogen and oxygen atoms in total. The molecule has 0 aromatic heterocycles. The van der Waals surface area contributed by atoms with Crippen LogP contribution in [0.15, 0.2) is 71.6 Å². The van der Waals surface area contributed by atoms with Gasteiger partial charge in [0.15, 0.2) is 9.84 Å². The Balaban J connectivity index is 1.85. The van der Waals surface area contributed by atoms with Gasteiger partial charge in [-0.05, 0) is 29.0 Å². The van der Waals surface area contributed by atoms with Gasteiger partial charge in [0, 0.05) is 5.56 Å². The molecule has 0 radical (unpaired) electrons. The Hall–Kier alpha value is -2.37. The fourth-order valence-corrected chi connectivity index (χ4v) is 4.81. The van der Waals surface area contributed by atoms with E-state index in [-0.39, 0.29) is 11.5 Å². The van der Waals surface area contributed by atoms with Gasteiger partial charge in [-0.2, -0.15) is 0 Å². The number of benzene rings is 3.